The molecular weight excluding hydrogens is 349 g/mol. The van der Waals surface area contributed by atoms with E-state index in [0.717, 1.165) is 0 Å². The van der Waals surface area contributed by atoms with Crippen molar-refractivity contribution in [3.63, 3.8) is 0 Å². The van der Waals surface area contributed by atoms with Gasteiger partial charge in [0.05, 0.1) is 6.33 Å². The van der Waals surface area contributed by atoms with Crippen molar-refractivity contribution < 1.29 is 38.9 Å². The van der Waals surface area contributed by atoms with Gasteiger partial charge < -0.3 is 40.6 Å². The number of aliphatic hydroxyl groups is 3. The van der Waals surface area contributed by atoms with Crippen LogP contribution in [-0.4, -0.2) is 69.6 Å². The van der Waals surface area contributed by atoms with Crippen molar-refractivity contribution in [3.8, 4) is 0 Å². The summed E-state index contributed by atoms with van der Waals surface area (Å²) < 4.78 is 20.0. The second-order valence-electron chi connectivity index (χ2n) is 5.06. The number of anilines is 1. The average molecular weight is 363 g/mol. The zero-order valence-electron chi connectivity index (χ0n) is 11.8. The normalized spacial score (nSPS) is 29.2. The molecule has 1 fully saturated rings. The van der Waals surface area contributed by atoms with E-state index in [9.17, 15) is 19.9 Å². The lowest BCUT2D eigenvalue weighted by molar-refractivity contribution is -0.154. The van der Waals surface area contributed by atoms with Gasteiger partial charge in [0.15, 0.2) is 23.6 Å². The van der Waals surface area contributed by atoms with Gasteiger partial charge in [0, 0.05) is 0 Å². The number of rotatable bonds is 4. The molecule has 14 heteroatoms. The lowest BCUT2D eigenvalue weighted by Gasteiger charge is -2.21. The maximum atomic E-state index is 10.8. The van der Waals surface area contributed by atoms with E-state index < -0.39 is 38.5 Å². The summed E-state index contributed by atoms with van der Waals surface area (Å²) >= 11 is 0. The van der Waals surface area contributed by atoms with Crippen molar-refractivity contribution in [3.05, 3.63) is 12.2 Å². The van der Waals surface area contributed by atoms with Crippen LogP contribution in [0.25, 0.3) is 11.2 Å². The molecule has 3 rings (SSSR count). The van der Waals surface area contributed by atoms with Crippen LogP contribution in [0.4, 0.5) is 5.82 Å². The van der Waals surface area contributed by atoms with Crippen molar-refractivity contribution in [2.75, 3.05) is 5.73 Å². The SMILES string of the molecule is Nc1nc(C2O[C@H](C(O)OP(=O)(O)O)[C@@H](O)[C@@H]2O)nc2nc[nH]c12. The van der Waals surface area contributed by atoms with E-state index in [1.807, 2.05) is 0 Å². The van der Waals surface area contributed by atoms with Gasteiger partial charge in [-0.25, -0.2) is 19.5 Å². The minimum absolute atomic E-state index is 0.0215. The van der Waals surface area contributed by atoms with Gasteiger partial charge in [-0.2, -0.15) is 0 Å². The van der Waals surface area contributed by atoms with Crippen LogP contribution in [0.15, 0.2) is 6.33 Å². The molecule has 0 saturated carbocycles. The molecule has 8 N–H and O–H groups in total. The third-order valence-electron chi connectivity index (χ3n) is 3.41. The molecule has 0 amide bonds. The van der Waals surface area contributed by atoms with Crippen molar-refractivity contribution in [1.29, 1.82) is 0 Å². The van der Waals surface area contributed by atoms with Gasteiger partial charge in [0.25, 0.3) is 0 Å². The largest absolute Gasteiger partial charge is 0.472 e. The van der Waals surface area contributed by atoms with E-state index in [4.69, 9.17) is 20.3 Å². The van der Waals surface area contributed by atoms with Crippen LogP contribution < -0.4 is 5.73 Å². The van der Waals surface area contributed by atoms with Crippen LogP contribution in [0.1, 0.15) is 11.9 Å². The summed E-state index contributed by atoms with van der Waals surface area (Å²) in [5.41, 5.74) is 6.29. The topological polar surface area (TPSA) is 217 Å². The van der Waals surface area contributed by atoms with E-state index in [1.54, 1.807) is 0 Å². The zero-order chi connectivity index (χ0) is 17.6. The highest BCUT2D eigenvalue weighted by molar-refractivity contribution is 7.46. The van der Waals surface area contributed by atoms with Crippen LogP contribution in [0.2, 0.25) is 0 Å². The molecule has 0 spiro atoms. The standard InChI is InChI=1S/C10H14N5O8P/c11-7-2-8(13-1-12-2)15-9(14-7)5-3(16)4(17)6(22-5)10(18)23-24(19,20)21/h1,3-6,10,16-18H,(H2,19,20,21)(H3,11,12,13,14,15)/t3-,4-,5?,6-,10?/m0/s1. The predicted molar refractivity (Wildman–Crippen MR) is 74.9 cm³/mol. The number of phosphoric acid groups is 1. The summed E-state index contributed by atoms with van der Waals surface area (Å²) in [6.07, 6.45) is -7.12. The maximum Gasteiger partial charge on any atom is 0.472 e. The third-order valence-corrected chi connectivity index (χ3v) is 3.90. The number of nitrogen functional groups attached to an aromatic ring is 1. The van der Waals surface area contributed by atoms with Gasteiger partial charge in [-0.05, 0) is 0 Å². The Hall–Kier alpha value is -1.70. The number of nitrogens with two attached hydrogens (primary N) is 1. The quantitative estimate of drug-likeness (QED) is 0.222. The first-order valence-corrected chi connectivity index (χ1v) is 8.10. The van der Waals surface area contributed by atoms with Crippen LogP contribution in [0.3, 0.4) is 0 Å². The number of aromatic amines is 1. The molecule has 0 aromatic carbocycles. The van der Waals surface area contributed by atoms with E-state index >= 15 is 0 Å². The Balaban J connectivity index is 1.87. The number of hydrogen-bond donors (Lipinski definition) is 7. The summed E-state index contributed by atoms with van der Waals surface area (Å²) in [5.74, 6) is -0.0993. The Kier molecular flexibility index (Phi) is 4.27. The lowest BCUT2D eigenvalue weighted by atomic mass is 10.1. The predicted octanol–water partition coefficient (Wildman–Crippen LogP) is -2.48. The number of fused-ring (bicyclic) bond motifs is 1. The minimum atomic E-state index is -5.03. The third kappa shape index (κ3) is 3.11. The first-order chi connectivity index (χ1) is 11.2. The number of imidazole rings is 1. The summed E-state index contributed by atoms with van der Waals surface area (Å²) in [4.78, 5) is 32.0. The van der Waals surface area contributed by atoms with Gasteiger partial charge in [-0.1, -0.05) is 0 Å². The number of H-pyrrole nitrogens is 1. The van der Waals surface area contributed by atoms with Crippen molar-refractivity contribution in [2.24, 2.45) is 0 Å². The second kappa shape index (κ2) is 5.98. The summed E-state index contributed by atoms with van der Waals surface area (Å²) in [7, 11) is -5.03. The van der Waals surface area contributed by atoms with Crippen molar-refractivity contribution in [1.82, 2.24) is 19.9 Å². The fourth-order valence-electron chi connectivity index (χ4n) is 2.35. The smallest absolute Gasteiger partial charge is 0.387 e. The molecule has 24 heavy (non-hydrogen) atoms. The van der Waals surface area contributed by atoms with Crippen molar-refractivity contribution >= 4 is 24.8 Å². The molecule has 5 atom stereocenters. The molecule has 1 aliphatic heterocycles. The Morgan fingerprint density at radius 1 is 1.33 bits per heavy atom. The van der Waals surface area contributed by atoms with Crippen LogP contribution >= 0.6 is 7.82 Å². The number of hydrogen-bond acceptors (Lipinski definition) is 10. The van der Waals surface area contributed by atoms with Crippen LogP contribution in [-0.2, 0) is 13.8 Å². The zero-order valence-corrected chi connectivity index (χ0v) is 12.7. The summed E-state index contributed by atoms with van der Waals surface area (Å²) in [6.45, 7) is 0. The number of ether oxygens (including phenoxy) is 1. The Morgan fingerprint density at radius 2 is 2.04 bits per heavy atom. The first kappa shape index (κ1) is 17.1. The molecule has 2 aromatic heterocycles. The van der Waals surface area contributed by atoms with E-state index in [-0.39, 0.29) is 17.3 Å². The average Bonchev–Trinajstić information content (AvgIpc) is 3.04. The number of aliphatic hydroxyl groups excluding tert-OH is 3. The number of nitrogens with zero attached hydrogens (tertiary/aromatic N) is 3. The molecule has 1 aliphatic rings. The number of nitrogens with one attached hydrogen (secondary N) is 1. The first-order valence-electron chi connectivity index (χ1n) is 6.57. The van der Waals surface area contributed by atoms with E-state index in [0.29, 0.717) is 5.52 Å². The molecule has 0 radical (unpaired) electrons. The minimum Gasteiger partial charge on any atom is -0.387 e. The second-order valence-corrected chi connectivity index (χ2v) is 6.25. The highest BCUT2D eigenvalue weighted by Crippen LogP contribution is 2.41. The van der Waals surface area contributed by atoms with Gasteiger partial charge in [-0.3, -0.25) is 4.52 Å². The molecule has 0 bridgehead atoms. The highest BCUT2D eigenvalue weighted by atomic mass is 31.2. The summed E-state index contributed by atoms with van der Waals surface area (Å²) in [5, 5.41) is 29.6. The fourth-order valence-corrected chi connectivity index (χ4v) is 2.76. The molecule has 1 saturated heterocycles. The van der Waals surface area contributed by atoms with Gasteiger partial charge in [-0.15, -0.1) is 0 Å². The lowest BCUT2D eigenvalue weighted by Crippen LogP contribution is -2.39. The van der Waals surface area contributed by atoms with Crippen LogP contribution in [0, 0.1) is 0 Å². The highest BCUT2D eigenvalue weighted by Gasteiger charge is 2.49. The molecule has 2 aromatic rings. The van der Waals surface area contributed by atoms with Gasteiger partial charge >= 0.3 is 7.82 Å². The number of aromatic nitrogens is 4. The monoisotopic (exact) mass is 363 g/mol. The fraction of sp³-hybridized carbons (Fsp3) is 0.500. The molecular formula is C10H14N5O8P. The van der Waals surface area contributed by atoms with Gasteiger partial charge in [0.2, 0.25) is 0 Å². The maximum absolute atomic E-state index is 10.8. The molecule has 132 valence electrons. The Bertz CT molecular complexity index is 795. The number of phosphoric ester groups is 1. The van der Waals surface area contributed by atoms with Crippen LogP contribution in [0.5, 0.6) is 0 Å². The Labute approximate surface area is 133 Å². The molecule has 13 nitrogen and oxygen atoms in total. The molecule has 2 unspecified atom stereocenters. The molecule has 3 heterocycles. The van der Waals surface area contributed by atoms with Crippen molar-refractivity contribution in [2.45, 2.75) is 30.7 Å². The summed E-state index contributed by atoms with van der Waals surface area (Å²) in [6, 6.07) is 0. The van der Waals surface area contributed by atoms with E-state index in [1.165, 1.54) is 6.33 Å². The van der Waals surface area contributed by atoms with Gasteiger partial charge in [0.1, 0.15) is 29.9 Å². The molecule has 0 aliphatic carbocycles. The van der Waals surface area contributed by atoms with E-state index in [2.05, 4.69) is 24.5 Å². The Morgan fingerprint density at radius 3 is 2.71 bits per heavy atom.